The Bertz CT molecular complexity index is 329. The van der Waals surface area contributed by atoms with Crippen LogP contribution in [0.2, 0.25) is 0 Å². The first-order valence-electron chi connectivity index (χ1n) is 4.01. The quantitative estimate of drug-likeness (QED) is 0.438. The summed E-state index contributed by atoms with van der Waals surface area (Å²) in [4.78, 5) is 0. The average Bonchev–Trinajstić information content (AvgIpc) is 2.49. The number of hydrogen-bond acceptors (Lipinski definition) is 5. The molecule has 8 heteroatoms. The number of hydrogen-bond donors (Lipinski definition) is 1. The fraction of sp³-hybridized carbons (Fsp3) is 1.00. The van der Waals surface area contributed by atoms with Gasteiger partial charge in [-0.2, -0.15) is 8.42 Å². The second kappa shape index (κ2) is 3.52. The molecule has 0 aromatic heterocycles. The summed E-state index contributed by atoms with van der Waals surface area (Å²) < 4.78 is 44.2. The summed E-state index contributed by atoms with van der Waals surface area (Å²) in [6, 6.07) is 0. The maximum Gasteiger partial charge on any atom is 0.397 e. The van der Waals surface area contributed by atoms with Crippen LogP contribution < -0.4 is 0 Å². The van der Waals surface area contributed by atoms with Gasteiger partial charge in [0, 0.05) is 6.42 Å². The second-order valence-corrected chi connectivity index (χ2v) is 6.07. The van der Waals surface area contributed by atoms with E-state index in [9.17, 15) is 8.42 Å². The monoisotopic (exact) mass is 336 g/mol. The molecule has 0 spiro atoms. The second-order valence-electron chi connectivity index (χ2n) is 3.20. The zero-order chi connectivity index (χ0) is 10.4. The van der Waals surface area contributed by atoms with Gasteiger partial charge in [-0.1, -0.05) is 0 Å². The Kier molecular flexibility index (Phi) is 2.77. The zero-order valence-corrected chi connectivity index (χ0v) is 10.0. The van der Waals surface area contributed by atoms with E-state index in [-0.39, 0.29) is 6.61 Å². The van der Waals surface area contributed by atoms with Crippen molar-refractivity contribution in [2.45, 2.75) is 22.2 Å². The molecule has 2 saturated heterocycles. The minimum Gasteiger partial charge on any atom is -0.371 e. The van der Waals surface area contributed by atoms with Crippen LogP contribution in [0.25, 0.3) is 0 Å². The first kappa shape index (κ1) is 11.0. The molecule has 3 atom stereocenters. The van der Waals surface area contributed by atoms with Crippen molar-refractivity contribution in [1.82, 2.24) is 0 Å². The fourth-order valence-electron chi connectivity index (χ4n) is 1.67. The Balaban J connectivity index is 2.10. The van der Waals surface area contributed by atoms with E-state index in [1.807, 2.05) is 0 Å². The number of ether oxygens (including phenoxy) is 2. The van der Waals surface area contributed by atoms with Crippen LogP contribution in [-0.4, -0.2) is 42.0 Å². The smallest absolute Gasteiger partial charge is 0.371 e. The molecule has 1 unspecified atom stereocenters. The van der Waals surface area contributed by atoms with Gasteiger partial charge in [-0.15, -0.1) is 0 Å². The fourth-order valence-corrected chi connectivity index (χ4v) is 3.12. The molecule has 1 N–H and O–H groups in total. The van der Waals surface area contributed by atoms with E-state index < -0.39 is 26.2 Å². The van der Waals surface area contributed by atoms with Gasteiger partial charge in [-0.05, 0) is 22.6 Å². The largest absolute Gasteiger partial charge is 0.397 e. The van der Waals surface area contributed by atoms with Crippen LogP contribution >= 0.6 is 22.6 Å². The van der Waals surface area contributed by atoms with Gasteiger partial charge < -0.3 is 9.47 Å². The van der Waals surface area contributed by atoms with Crippen molar-refractivity contribution in [3.63, 3.8) is 0 Å². The number of halogens is 1. The van der Waals surface area contributed by atoms with Crippen molar-refractivity contribution in [1.29, 1.82) is 0 Å². The predicted octanol–water partition coefficient (Wildman–Crippen LogP) is 0.125. The summed E-state index contributed by atoms with van der Waals surface area (Å²) in [5.74, 6) is 0. The highest BCUT2D eigenvalue weighted by Gasteiger charge is 2.54. The van der Waals surface area contributed by atoms with Gasteiger partial charge in [0.05, 0.1) is 13.2 Å². The zero-order valence-electron chi connectivity index (χ0n) is 7.05. The molecule has 0 saturated carbocycles. The molecule has 2 aliphatic heterocycles. The molecule has 14 heavy (non-hydrogen) atoms. The molecule has 6 nitrogen and oxygen atoms in total. The third kappa shape index (κ3) is 2.04. The lowest BCUT2D eigenvalue weighted by Gasteiger charge is -2.19. The van der Waals surface area contributed by atoms with E-state index in [1.54, 1.807) is 0 Å². The maximum atomic E-state index is 10.5. The highest BCUT2D eigenvalue weighted by atomic mass is 127. The van der Waals surface area contributed by atoms with Crippen LogP contribution in [0.5, 0.6) is 0 Å². The Hall–Kier alpha value is 0.520. The molecule has 82 valence electrons. The first-order valence-corrected chi connectivity index (χ1v) is 6.45. The Morgan fingerprint density at radius 1 is 1.57 bits per heavy atom. The molecular weight excluding hydrogens is 327 g/mol. The van der Waals surface area contributed by atoms with Crippen LogP contribution in [0.1, 0.15) is 6.42 Å². The van der Waals surface area contributed by atoms with E-state index in [0.29, 0.717) is 13.0 Å². The molecule has 2 aliphatic rings. The van der Waals surface area contributed by atoms with Crippen molar-refractivity contribution in [3.8, 4) is 0 Å². The Morgan fingerprint density at radius 2 is 2.29 bits per heavy atom. The lowest BCUT2D eigenvalue weighted by atomic mass is 10.1. The molecule has 2 heterocycles. The normalized spacial score (nSPS) is 42.7. The van der Waals surface area contributed by atoms with Crippen molar-refractivity contribution in [2.24, 2.45) is 0 Å². The third-order valence-electron chi connectivity index (χ3n) is 2.24. The number of fused-ring (bicyclic) bond motifs is 1. The molecule has 0 amide bonds. The molecule has 0 aliphatic carbocycles. The van der Waals surface area contributed by atoms with Gasteiger partial charge in [0.15, 0.2) is 0 Å². The van der Waals surface area contributed by atoms with Crippen LogP contribution in [0.4, 0.5) is 0 Å². The highest BCUT2D eigenvalue weighted by molar-refractivity contribution is 14.1. The minimum absolute atomic E-state index is 0.118. The van der Waals surface area contributed by atoms with Gasteiger partial charge in [0.2, 0.25) is 0 Å². The topological polar surface area (TPSA) is 82.1 Å². The van der Waals surface area contributed by atoms with Crippen LogP contribution in [-0.2, 0) is 24.1 Å². The van der Waals surface area contributed by atoms with Gasteiger partial charge in [-0.3, -0.25) is 4.55 Å². The van der Waals surface area contributed by atoms with Crippen LogP contribution in [0.3, 0.4) is 0 Å². The van der Waals surface area contributed by atoms with Gasteiger partial charge >= 0.3 is 10.4 Å². The molecule has 0 bridgehead atoms. The van der Waals surface area contributed by atoms with Crippen molar-refractivity contribution >= 4 is 33.0 Å². The van der Waals surface area contributed by atoms with Crippen LogP contribution in [0, 0.1) is 0 Å². The van der Waals surface area contributed by atoms with Crippen molar-refractivity contribution in [2.75, 3.05) is 13.2 Å². The van der Waals surface area contributed by atoms with Crippen molar-refractivity contribution < 1.29 is 26.6 Å². The SMILES string of the molecule is O=S(=O)(O)O[C@@H]1COC2(I)CCO[C@H]12. The van der Waals surface area contributed by atoms with Crippen LogP contribution in [0.15, 0.2) is 0 Å². The molecule has 0 aromatic rings. The molecule has 2 fully saturated rings. The minimum atomic E-state index is -4.44. The van der Waals surface area contributed by atoms with Gasteiger partial charge in [0.25, 0.3) is 0 Å². The summed E-state index contributed by atoms with van der Waals surface area (Å²) in [7, 11) is -4.44. The van der Waals surface area contributed by atoms with Gasteiger partial charge in [0.1, 0.15) is 15.8 Å². The molecule has 0 radical (unpaired) electrons. The first-order chi connectivity index (χ1) is 6.41. The number of alkyl halides is 1. The number of rotatable bonds is 2. The maximum absolute atomic E-state index is 10.5. The van der Waals surface area contributed by atoms with Crippen molar-refractivity contribution in [3.05, 3.63) is 0 Å². The summed E-state index contributed by atoms with van der Waals surface area (Å²) in [6.07, 6.45) is -0.474. The summed E-state index contributed by atoms with van der Waals surface area (Å²) in [6.45, 7) is 0.631. The van der Waals surface area contributed by atoms with E-state index >= 15 is 0 Å². The molecular formula is C6H9IO6S. The summed E-state index contributed by atoms with van der Waals surface area (Å²) in [5, 5.41) is 0. The average molecular weight is 336 g/mol. The van der Waals surface area contributed by atoms with E-state index in [4.69, 9.17) is 14.0 Å². The standard InChI is InChI=1S/C6H9IO6S/c7-6-1-2-11-5(6)4(3-12-6)13-14(8,9)10/h4-5H,1-3H2,(H,8,9,10)/t4-,5-,6?/m1/s1. The lowest BCUT2D eigenvalue weighted by Crippen LogP contribution is -2.36. The summed E-state index contributed by atoms with van der Waals surface area (Å²) >= 11 is 2.08. The molecule has 2 rings (SSSR count). The van der Waals surface area contributed by atoms with E-state index in [1.165, 1.54) is 0 Å². The van der Waals surface area contributed by atoms with E-state index in [2.05, 4.69) is 26.8 Å². The van der Waals surface area contributed by atoms with Gasteiger partial charge in [-0.25, -0.2) is 4.18 Å². The van der Waals surface area contributed by atoms with E-state index in [0.717, 1.165) is 0 Å². The Labute approximate surface area is 95.0 Å². The summed E-state index contributed by atoms with van der Waals surface area (Å²) in [5.41, 5.74) is 0. The predicted molar refractivity (Wildman–Crippen MR) is 53.5 cm³/mol. The highest BCUT2D eigenvalue weighted by Crippen LogP contribution is 2.43. The third-order valence-corrected chi connectivity index (χ3v) is 4.19. The lowest BCUT2D eigenvalue weighted by molar-refractivity contribution is 0.0263. The molecule has 0 aromatic carbocycles. The Morgan fingerprint density at radius 3 is 2.93 bits per heavy atom.